The third-order valence-electron chi connectivity index (χ3n) is 3.34. The average molecular weight is 419 g/mol. The van der Waals surface area contributed by atoms with Crippen molar-refractivity contribution >= 4 is 33.5 Å². The second kappa shape index (κ2) is 7.50. The first-order valence-electron chi connectivity index (χ1n) is 7.29. The fourth-order valence-corrected chi connectivity index (χ4v) is 3.27. The molecule has 1 atom stereocenters. The maximum atomic E-state index is 12.2. The Morgan fingerprint density at radius 2 is 2.21 bits per heavy atom. The van der Waals surface area contributed by atoms with E-state index in [9.17, 15) is 15.1 Å². The van der Waals surface area contributed by atoms with Crippen LogP contribution >= 0.6 is 27.5 Å². The molecule has 2 rings (SSSR count). The van der Waals surface area contributed by atoms with Crippen LogP contribution < -0.4 is 4.73 Å². The summed E-state index contributed by atoms with van der Waals surface area (Å²) in [6.07, 6.45) is -0.240. The smallest absolute Gasteiger partial charge is 0.358 e. The number of aliphatic hydroxyl groups is 1. The minimum atomic E-state index is -1.37. The minimum absolute atomic E-state index is 0.0271. The number of halogens is 2. The molecule has 0 saturated heterocycles. The van der Waals surface area contributed by atoms with Crippen LogP contribution in [0.15, 0.2) is 23.1 Å². The van der Waals surface area contributed by atoms with Crippen molar-refractivity contribution < 1.29 is 19.4 Å². The summed E-state index contributed by atoms with van der Waals surface area (Å²) in [6, 6.07) is 2.77. The normalized spacial score (nSPS) is 12.5. The highest BCUT2D eigenvalue weighted by Gasteiger charge is 2.33. The molecule has 0 aliphatic rings. The largest absolute Gasteiger partial charge is 0.618 e. The number of ether oxygens (including phenoxy) is 1. The predicted octanol–water partition coefficient (Wildman–Crippen LogP) is 2.77. The van der Waals surface area contributed by atoms with Gasteiger partial charge >= 0.3 is 5.97 Å². The summed E-state index contributed by atoms with van der Waals surface area (Å²) in [6.45, 7) is 5.58. The molecule has 0 bridgehead atoms. The van der Waals surface area contributed by atoms with Crippen molar-refractivity contribution in [2.75, 3.05) is 6.61 Å². The van der Waals surface area contributed by atoms with Crippen LogP contribution in [0.2, 0.25) is 5.02 Å². The molecule has 24 heavy (non-hydrogen) atoms. The molecule has 1 unspecified atom stereocenters. The first-order valence-corrected chi connectivity index (χ1v) is 8.46. The topological polar surface area (TPSA) is 91.3 Å². The molecule has 9 heteroatoms. The predicted molar refractivity (Wildman–Crippen MR) is 90.7 cm³/mol. The van der Waals surface area contributed by atoms with Crippen LogP contribution in [0.3, 0.4) is 0 Å². The lowest BCUT2D eigenvalue weighted by atomic mass is 10.1. The molecule has 1 N–H and O–H groups in total. The van der Waals surface area contributed by atoms with Crippen LogP contribution in [0, 0.1) is 5.21 Å². The van der Waals surface area contributed by atoms with Crippen LogP contribution in [0.25, 0.3) is 0 Å². The van der Waals surface area contributed by atoms with Crippen LogP contribution in [-0.2, 0) is 4.74 Å². The average Bonchev–Trinajstić information content (AvgIpc) is 2.84. The van der Waals surface area contributed by atoms with Crippen molar-refractivity contribution in [2.45, 2.75) is 32.9 Å². The van der Waals surface area contributed by atoms with E-state index in [-0.39, 0.29) is 34.8 Å². The van der Waals surface area contributed by atoms with E-state index in [2.05, 4.69) is 20.9 Å². The van der Waals surface area contributed by atoms with E-state index in [1.54, 1.807) is 11.5 Å². The molecule has 130 valence electrons. The van der Waals surface area contributed by atoms with Crippen LogP contribution in [0.5, 0.6) is 0 Å². The molecule has 0 amide bonds. The highest BCUT2D eigenvalue weighted by atomic mass is 79.9. The molecule has 0 fully saturated rings. The van der Waals surface area contributed by atoms with Gasteiger partial charge in [-0.2, -0.15) is 4.73 Å². The summed E-state index contributed by atoms with van der Waals surface area (Å²) in [5.41, 5.74) is 0.168. The van der Waals surface area contributed by atoms with Gasteiger partial charge in [0.15, 0.2) is 22.7 Å². The number of esters is 1. The summed E-state index contributed by atoms with van der Waals surface area (Å²) >= 11 is 9.06. The first-order chi connectivity index (χ1) is 11.3. The van der Waals surface area contributed by atoms with Gasteiger partial charge in [-0.05, 0) is 42.8 Å². The summed E-state index contributed by atoms with van der Waals surface area (Å²) in [5.74, 6) is -0.668. The number of rotatable bonds is 5. The molecule has 0 saturated carbocycles. The number of hydrogen-bond acceptors (Lipinski definition) is 5. The van der Waals surface area contributed by atoms with Gasteiger partial charge < -0.3 is 19.6 Å². The van der Waals surface area contributed by atoms with E-state index in [1.165, 1.54) is 12.1 Å². The van der Waals surface area contributed by atoms with Gasteiger partial charge in [-0.15, -0.1) is 0 Å². The summed E-state index contributed by atoms with van der Waals surface area (Å²) in [4.78, 5) is 16.3. The molecule has 2 aromatic rings. The molecule has 0 spiro atoms. The second-order valence-electron chi connectivity index (χ2n) is 5.30. The molecular weight excluding hydrogens is 402 g/mol. The van der Waals surface area contributed by atoms with E-state index >= 15 is 0 Å². The number of nitrogens with zero attached hydrogens (tertiary/aromatic N) is 3. The maximum Gasteiger partial charge on any atom is 0.358 e. The molecule has 0 aliphatic carbocycles. The second-order valence-corrected chi connectivity index (χ2v) is 6.45. The van der Waals surface area contributed by atoms with Crippen LogP contribution in [-0.4, -0.2) is 27.2 Å². The monoisotopic (exact) mass is 417 g/mol. The van der Waals surface area contributed by atoms with E-state index < -0.39 is 12.1 Å². The molecule has 0 aromatic carbocycles. The Labute approximate surface area is 152 Å². The zero-order chi connectivity index (χ0) is 18.0. The third kappa shape index (κ3) is 3.55. The zero-order valence-corrected chi connectivity index (χ0v) is 15.7. The number of aromatic nitrogens is 3. The number of carbonyl (C=O) groups excluding carboxylic acids is 1. The minimum Gasteiger partial charge on any atom is -0.618 e. The number of pyridine rings is 1. The van der Waals surface area contributed by atoms with E-state index in [4.69, 9.17) is 16.3 Å². The molecule has 2 aromatic heterocycles. The lowest BCUT2D eigenvalue weighted by Gasteiger charge is -2.18. The fraction of sp³-hybridized carbons (Fsp3) is 0.400. The molecule has 0 aliphatic heterocycles. The Morgan fingerprint density at radius 1 is 1.54 bits per heavy atom. The maximum absolute atomic E-state index is 12.2. The van der Waals surface area contributed by atoms with E-state index in [0.29, 0.717) is 9.46 Å². The molecule has 2 heterocycles. The summed E-state index contributed by atoms with van der Waals surface area (Å²) in [7, 11) is 0. The van der Waals surface area contributed by atoms with E-state index in [0.717, 1.165) is 6.20 Å². The van der Waals surface area contributed by atoms with Gasteiger partial charge in [0.1, 0.15) is 5.02 Å². The van der Waals surface area contributed by atoms with Crippen molar-refractivity contribution in [2.24, 2.45) is 0 Å². The Hall–Kier alpha value is -1.64. The Morgan fingerprint density at radius 3 is 2.75 bits per heavy atom. The third-order valence-corrected chi connectivity index (χ3v) is 4.12. The SMILES string of the molecule is CCOC(=O)c1nc(Br)n(C(C)C)c1C(O)c1ccc(Cl)c[n+]1[O-]. The molecule has 7 nitrogen and oxygen atoms in total. The van der Waals surface area contributed by atoms with Crippen molar-refractivity contribution in [3.8, 4) is 0 Å². The first kappa shape index (κ1) is 18.7. The lowest BCUT2D eigenvalue weighted by molar-refractivity contribution is -0.617. The van der Waals surface area contributed by atoms with Gasteiger partial charge in [0.25, 0.3) is 0 Å². The Kier molecular flexibility index (Phi) is 5.84. The standard InChI is InChI=1S/C15H17BrClN3O4/c1-4-24-14(22)11-12(20(8(2)3)15(16)18-11)13(21)10-6-5-9(17)7-19(10)23/h5-8,13,21H,4H2,1-3H3. The van der Waals surface area contributed by atoms with Gasteiger partial charge in [-0.25, -0.2) is 9.78 Å². The number of imidazole rings is 1. The number of aliphatic hydroxyl groups excluding tert-OH is 1. The number of hydrogen-bond donors (Lipinski definition) is 1. The van der Waals surface area contributed by atoms with E-state index in [1.807, 2.05) is 13.8 Å². The quantitative estimate of drug-likeness (QED) is 0.458. The van der Waals surface area contributed by atoms with Crippen molar-refractivity contribution in [3.63, 3.8) is 0 Å². The highest BCUT2D eigenvalue weighted by molar-refractivity contribution is 9.10. The van der Waals surface area contributed by atoms with Gasteiger partial charge in [0.05, 0.1) is 12.3 Å². The van der Waals surface area contributed by atoms with Gasteiger partial charge in [-0.3, -0.25) is 0 Å². The molecule has 0 radical (unpaired) electrons. The Bertz CT molecular complexity index is 763. The van der Waals surface area contributed by atoms with Crippen molar-refractivity contribution in [1.82, 2.24) is 9.55 Å². The lowest BCUT2D eigenvalue weighted by Crippen LogP contribution is -2.34. The van der Waals surface area contributed by atoms with Crippen LogP contribution in [0.4, 0.5) is 0 Å². The van der Waals surface area contributed by atoms with Crippen molar-refractivity contribution in [3.05, 3.63) is 50.4 Å². The summed E-state index contributed by atoms with van der Waals surface area (Å²) < 4.78 is 7.46. The van der Waals surface area contributed by atoms with Gasteiger partial charge in [0.2, 0.25) is 5.69 Å². The summed E-state index contributed by atoms with van der Waals surface area (Å²) in [5, 5.41) is 23.1. The number of carbonyl (C=O) groups is 1. The Balaban J connectivity index is 2.63. The highest BCUT2D eigenvalue weighted by Crippen LogP contribution is 2.30. The van der Waals surface area contributed by atoms with Gasteiger partial charge in [-0.1, -0.05) is 11.6 Å². The van der Waals surface area contributed by atoms with Gasteiger partial charge in [0, 0.05) is 12.1 Å². The van der Waals surface area contributed by atoms with Crippen molar-refractivity contribution in [1.29, 1.82) is 0 Å². The van der Waals surface area contributed by atoms with Crippen LogP contribution in [0.1, 0.15) is 54.8 Å². The fourth-order valence-electron chi connectivity index (χ4n) is 2.34. The molecular formula is C15H17BrClN3O4. The zero-order valence-electron chi connectivity index (χ0n) is 13.4.